The molecule has 26 heavy (non-hydrogen) atoms. The lowest BCUT2D eigenvalue weighted by atomic mass is 10.2. The highest BCUT2D eigenvalue weighted by Gasteiger charge is 2.24. The van der Waals surface area contributed by atoms with Gasteiger partial charge >= 0.3 is 0 Å². The first-order chi connectivity index (χ1) is 12.4. The van der Waals surface area contributed by atoms with Gasteiger partial charge in [-0.3, -0.25) is 9.59 Å². The average molecular weight is 360 g/mol. The predicted octanol–water partition coefficient (Wildman–Crippen LogP) is 1.31. The molecule has 0 aliphatic rings. The molecule has 2 aromatic rings. The number of hydrogen-bond donors (Lipinski definition) is 3. The Morgan fingerprint density at radius 2 is 1.58 bits per heavy atom. The minimum absolute atomic E-state index is 0.129. The zero-order valence-corrected chi connectivity index (χ0v) is 15.0. The molecule has 0 aliphatic carbocycles. The summed E-state index contributed by atoms with van der Waals surface area (Å²) in [5.41, 5.74) is 1.17. The van der Waals surface area contributed by atoms with Crippen molar-refractivity contribution in [2.45, 2.75) is 13.0 Å². The molecule has 0 saturated carbocycles. The van der Waals surface area contributed by atoms with Crippen molar-refractivity contribution in [3.63, 3.8) is 0 Å². The smallest absolute Gasteiger partial charge is 0.282 e. The highest BCUT2D eigenvalue weighted by atomic mass is 19.1. The summed E-state index contributed by atoms with van der Waals surface area (Å²) in [7, 11) is 3.34. The lowest BCUT2D eigenvalue weighted by Gasteiger charge is -2.20. The molecule has 0 aromatic heterocycles. The maximum absolute atomic E-state index is 12.9. The molecule has 138 valence electrons. The van der Waals surface area contributed by atoms with Gasteiger partial charge in [0, 0.05) is 11.4 Å². The van der Waals surface area contributed by atoms with Gasteiger partial charge in [0.15, 0.2) is 12.6 Å². The van der Waals surface area contributed by atoms with E-state index in [-0.39, 0.29) is 24.2 Å². The Morgan fingerprint density at radius 1 is 1.04 bits per heavy atom. The van der Waals surface area contributed by atoms with Gasteiger partial charge in [-0.15, -0.1) is 0 Å². The monoisotopic (exact) mass is 360 g/mol. The number of methoxy groups -OCH3 is 1. The molecule has 7 heteroatoms. The van der Waals surface area contributed by atoms with E-state index in [2.05, 4.69) is 10.6 Å². The van der Waals surface area contributed by atoms with E-state index in [1.807, 2.05) is 0 Å². The fourth-order valence-electron chi connectivity index (χ4n) is 2.29. The Hall–Kier alpha value is -2.93. The second-order valence-electron chi connectivity index (χ2n) is 6.02. The number of anilines is 2. The van der Waals surface area contributed by atoms with Crippen LogP contribution in [-0.2, 0) is 9.59 Å². The van der Waals surface area contributed by atoms with Crippen molar-refractivity contribution in [1.29, 1.82) is 0 Å². The molecule has 6 nitrogen and oxygen atoms in total. The van der Waals surface area contributed by atoms with Crippen molar-refractivity contribution in [3.05, 3.63) is 54.3 Å². The van der Waals surface area contributed by atoms with Crippen LogP contribution in [-0.4, -0.2) is 38.6 Å². The van der Waals surface area contributed by atoms with Crippen LogP contribution in [0.1, 0.15) is 6.92 Å². The second kappa shape index (κ2) is 8.96. The summed E-state index contributed by atoms with van der Waals surface area (Å²) in [5, 5.41) is 5.50. The van der Waals surface area contributed by atoms with Crippen LogP contribution in [0.4, 0.5) is 15.8 Å². The Morgan fingerprint density at radius 3 is 2.15 bits per heavy atom. The maximum atomic E-state index is 12.9. The number of amides is 2. The summed E-state index contributed by atoms with van der Waals surface area (Å²) in [4.78, 5) is 25.2. The zero-order valence-electron chi connectivity index (χ0n) is 15.0. The standard InChI is InChI=1S/C19H22FN3O3/c1-13(19(25)22-16-6-4-14(20)5-7-16)23(2)12-18(24)21-15-8-10-17(26-3)11-9-15/h4-11,13H,12H2,1-3H3,(H,21,24)(H,22,25)/p+1/t13-/m1/s1. The van der Waals surface area contributed by atoms with E-state index in [4.69, 9.17) is 4.74 Å². The normalized spacial score (nSPS) is 12.8. The van der Waals surface area contributed by atoms with E-state index >= 15 is 0 Å². The Balaban J connectivity index is 1.86. The van der Waals surface area contributed by atoms with Crippen molar-refractivity contribution >= 4 is 23.2 Å². The first-order valence-electron chi connectivity index (χ1n) is 8.21. The minimum Gasteiger partial charge on any atom is -0.497 e. The van der Waals surface area contributed by atoms with Gasteiger partial charge in [-0.05, 0) is 55.5 Å². The summed E-state index contributed by atoms with van der Waals surface area (Å²) >= 11 is 0. The molecular formula is C19H23FN3O3+. The molecule has 3 N–H and O–H groups in total. The van der Waals surface area contributed by atoms with Gasteiger partial charge in [0.2, 0.25) is 0 Å². The van der Waals surface area contributed by atoms with Crippen molar-refractivity contribution in [2.75, 3.05) is 31.3 Å². The van der Waals surface area contributed by atoms with Crippen LogP contribution in [0.15, 0.2) is 48.5 Å². The highest BCUT2D eigenvalue weighted by Crippen LogP contribution is 2.14. The molecular weight excluding hydrogens is 337 g/mol. The van der Waals surface area contributed by atoms with Crippen LogP contribution < -0.4 is 20.3 Å². The average Bonchev–Trinajstić information content (AvgIpc) is 2.63. The number of benzene rings is 2. The molecule has 0 bridgehead atoms. The fourth-order valence-corrected chi connectivity index (χ4v) is 2.29. The quantitative estimate of drug-likeness (QED) is 0.697. The molecule has 0 radical (unpaired) electrons. The number of carbonyl (C=O) groups excluding carboxylic acids is 2. The van der Waals surface area contributed by atoms with Crippen LogP contribution in [0.3, 0.4) is 0 Å². The lowest BCUT2D eigenvalue weighted by molar-refractivity contribution is -0.885. The first kappa shape index (κ1) is 19.4. The Kier molecular flexibility index (Phi) is 6.68. The summed E-state index contributed by atoms with van der Waals surface area (Å²) in [6, 6.07) is 12.1. The highest BCUT2D eigenvalue weighted by molar-refractivity contribution is 5.94. The number of hydrogen-bond acceptors (Lipinski definition) is 3. The number of likely N-dealkylation sites (N-methyl/N-ethyl adjacent to an activating group) is 1. The lowest BCUT2D eigenvalue weighted by Crippen LogP contribution is -3.14. The molecule has 0 aliphatic heterocycles. The van der Waals surface area contributed by atoms with Gasteiger partial charge < -0.3 is 20.3 Å². The van der Waals surface area contributed by atoms with Crippen LogP contribution in [0.25, 0.3) is 0 Å². The predicted molar refractivity (Wildman–Crippen MR) is 97.9 cm³/mol. The van der Waals surface area contributed by atoms with E-state index in [1.54, 1.807) is 45.3 Å². The number of rotatable bonds is 7. The van der Waals surface area contributed by atoms with Crippen molar-refractivity contribution in [2.24, 2.45) is 0 Å². The molecule has 1 unspecified atom stereocenters. The van der Waals surface area contributed by atoms with Crippen LogP contribution in [0.2, 0.25) is 0 Å². The number of carbonyl (C=O) groups is 2. The van der Waals surface area contributed by atoms with Gasteiger partial charge in [0.05, 0.1) is 14.2 Å². The summed E-state index contributed by atoms with van der Waals surface area (Å²) in [6.07, 6.45) is 0. The molecule has 2 aromatic carbocycles. The fraction of sp³-hybridized carbons (Fsp3) is 0.263. The Bertz CT molecular complexity index is 748. The number of ether oxygens (including phenoxy) is 1. The van der Waals surface area contributed by atoms with Crippen LogP contribution >= 0.6 is 0 Å². The molecule has 0 spiro atoms. The van der Waals surface area contributed by atoms with E-state index < -0.39 is 6.04 Å². The molecule has 0 fully saturated rings. The van der Waals surface area contributed by atoms with Crippen molar-refractivity contribution in [3.8, 4) is 5.75 Å². The van der Waals surface area contributed by atoms with Gasteiger partial charge in [0.25, 0.3) is 11.8 Å². The first-order valence-corrected chi connectivity index (χ1v) is 8.21. The third-order valence-electron chi connectivity index (χ3n) is 4.06. The molecule has 2 amide bonds. The molecule has 0 saturated heterocycles. The van der Waals surface area contributed by atoms with Gasteiger partial charge in [-0.1, -0.05) is 0 Å². The molecule has 2 rings (SSSR count). The Labute approximate surface area is 152 Å². The molecule has 2 atom stereocenters. The summed E-state index contributed by atoms with van der Waals surface area (Å²) < 4.78 is 18.0. The third kappa shape index (κ3) is 5.56. The topological polar surface area (TPSA) is 71.9 Å². The van der Waals surface area contributed by atoms with E-state index in [0.29, 0.717) is 17.1 Å². The third-order valence-corrected chi connectivity index (χ3v) is 4.06. The van der Waals surface area contributed by atoms with Crippen LogP contribution in [0, 0.1) is 5.82 Å². The maximum Gasteiger partial charge on any atom is 0.282 e. The molecule has 0 heterocycles. The van der Waals surface area contributed by atoms with Gasteiger partial charge in [-0.2, -0.15) is 0 Å². The van der Waals surface area contributed by atoms with E-state index in [9.17, 15) is 14.0 Å². The van der Waals surface area contributed by atoms with E-state index in [0.717, 1.165) is 4.90 Å². The SMILES string of the molecule is COc1ccc(NC(=O)C[NH+](C)[C@H](C)C(=O)Nc2ccc(F)cc2)cc1. The van der Waals surface area contributed by atoms with Gasteiger partial charge in [-0.25, -0.2) is 4.39 Å². The summed E-state index contributed by atoms with van der Waals surface area (Å²) in [5.74, 6) is -0.105. The van der Waals surface area contributed by atoms with Gasteiger partial charge in [0.1, 0.15) is 11.6 Å². The second-order valence-corrected chi connectivity index (χ2v) is 6.02. The largest absolute Gasteiger partial charge is 0.497 e. The van der Waals surface area contributed by atoms with Crippen molar-refractivity contribution in [1.82, 2.24) is 0 Å². The van der Waals surface area contributed by atoms with Crippen molar-refractivity contribution < 1.29 is 23.6 Å². The minimum atomic E-state index is -0.457. The number of halogens is 1. The van der Waals surface area contributed by atoms with E-state index in [1.165, 1.54) is 24.3 Å². The number of nitrogens with one attached hydrogen (secondary N) is 3. The summed E-state index contributed by atoms with van der Waals surface area (Å²) in [6.45, 7) is 1.86. The number of quaternary nitrogens is 1. The zero-order chi connectivity index (χ0) is 19.1. The van der Waals surface area contributed by atoms with Crippen LogP contribution in [0.5, 0.6) is 5.75 Å².